The van der Waals surface area contributed by atoms with Crippen LogP contribution in [0.2, 0.25) is 0 Å². The first-order chi connectivity index (χ1) is 7.51. The van der Waals surface area contributed by atoms with Crippen LogP contribution in [-0.2, 0) is 14.9 Å². The Bertz CT molecular complexity index is 342. The van der Waals surface area contributed by atoms with E-state index in [1.807, 2.05) is 0 Å². The second-order valence-electron chi connectivity index (χ2n) is 3.54. The third kappa shape index (κ3) is 3.06. The SMILES string of the molecule is COC(=O)NS(=O)(=O)N1CCCCC1CO. The van der Waals surface area contributed by atoms with E-state index in [-0.39, 0.29) is 6.61 Å². The third-order valence-electron chi connectivity index (χ3n) is 2.49. The molecule has 0 aromatic rings. The Hall–Kier alpha value is -0.860. The molecular formula is C8H16N2O5S. The highest BCUT2D eigenvalue weighted by molar-refractivity contribution is 7.87. The predicted molar refractivity (Wildman–Crippen MR) is 55.9 cm³/mol. The van der Waals surface area contributed by atoms with Crippen molar-refractivity contribution in [2.75, 3.05) is 20.3 Å². The Kier molecular flexibility index (Phi) is 4.51. The number of carbonyl (C=O) groups excluding carboxylic acids is 1. The summed E-state index contributed by atoms with van der Waals surface area (Å²) in [5, 5.41) is 9.07. The van der Waals surface area contributed by atoms with Crippen LogP contribution in [-0.4, -0.2) is 50.2 Å². The Balaban J connectivity index is 2.76. The zero-order valence-corrected chi connectivity index (χ0v) is 9.87. The van der Waals surface area contributed by atoms with Crippen LogP contribution in [0.15, 0.2) is 0 Å². The van der Waals surface area contributed by atoms with Gasteiger partial charge >= 0.3 is 16.3 Å². The fourth-order valence-corrected chi connectivity index (χ4v) is 3.02. The minimum Gasteiger partial charge on any atom is -0.452 e. The van der Waals surface area contributed by atoms with Gasteiger partial charge in [-0.25, -0.2) is 9.52 Å². The molecule has 16 heavy (non-hydrogen) atoms. The first kappa shape index (κ1) is 13.2. The van der Waals surface area contributed by atoms with Gasteiger partial charge in [-0.05, 0) is 12.8 Å². The molecular weight excluding hydrogens is 236 g/mol. The summed E-state index contributed by atoms with van der Waals surface area (Å²) < 4.78 is 30.6. The van der Waals surface area contributed by atoms with Gasteiger partial charge in [0.05, 0.1) is 13.7 Å². The fraction of sp³-hybridized carbons (Fsp3) is 0.875. The molecule has 2 N–H and O–H groups in total. The van der Waals surface area contributed by atoms with Crippen molar-refractivity contribution in [2.45, 2.75) is 25.3 Å². The van der Waals surface area contributed by atoms with E-state index >= 15 is 0 Å². The number of piperidine rings is 1. The molecule has 1 aliphatic heterocycles. The van der Waals surface area contributed by atoms with Crippen molar-refractivity contribution in [3.8, 4) is 0 Å². The summed E-state index contributed by atoms with van der Waals surface area (Å²) in [7, 11) is -2.82. The summed E-state index contributed by atoms with van der Waals surface area (Å²) in [4.78, 5) is 10.9. The van der Waals surface area contributed by atoms with Gasteiger partial charge in [0, 0.05) is 12.6 Å². The monoisotopic (exact) mass is 252 g/mol. The van der Waals surface area contributed by atoms with Gasteiger partial charge in [0.2, 0.25) is 0 Å². The summed E-state index contributed by atoms with van der Waals surface area (Å²) in [6.45, 7) is 0.0552. The lowest BCUT2D eigenvalue weighted by Crippen LogP contribution is -2.51. The number of nitrogens with one attached hydrogen (secondary N) is 1. The number of rotatable bonds is 3. The van der Waals surface area contributed by atoms with Gasteiger partial charge in [-0.2, -0.15) is 12.7 Å². The predicted octanol–water partition coefficient (Wildman–Crippen LogP) is -0.566. The molecule has 1 atom stereocenters. The van der Waals surface area contributed by atoms with Crippen LogP contribution in [0.4, 0.5) is 4.79 Å². The van der Waals surface area contributed by atoms with E-state index in [4.69, 9.17) is 5.11 Å². The molecule has 7 nitrogen and oxygen atoms in total. The van der Waals surface area contributed by atoms with E-state index in [9.17, 15) is 13.2 Å². The van der Waals surface area contributed by atoms with Crippen LogP contribution >= 0.6 is 0 Å². The Morgan fingerprint density at radius 2 is 2.25 bits per heavy atom. The second-order valence-corrected chi connectivity index (χ2v) is 5.16. The molecule has 0 aromatic heterocycles. The van der Waals surface area contributed by atoms with Crippen LogP contribution in [0.5, 0.6) is 0 Å². The van der Waals surface area contributed by atoms with E-state index in [0.717, 1.165) is 24.3 Å². The zero-order valence-electron chi connectivity index (χ0n) is 9.05. The third-order valence-corrected chi connectivity index (χ3v) is 4.01. The molecule has 1 amide bonds. The molecule has 0 saturated carbocycles. The lowest BCUT2D eigenvalue weighted by atomic mass is 10.1. The topological polar surface area (TPSA) is 95.9 Å². The highest BCUT2D eigenvalue weighted by Gasteiger charge is 2.33. The highest BCUT2D eigenvalue weighted by atomic mass is 32.2. The number of aliphatic hydroxyl groups is 1. The van der Waals surface area contributed by atoms with Gasteiger partial charge in [-0.3, -0.25) is 0 Å². The molecule has 1 saturated heterocycles. The average Bonchev–Trinajstić information content (AvgIpc) is 2.28. The summed E-state index contributed by atoms with van der Waals surface area (Å²) in [6, 6.07) is -0.462. The Labute approximate surface area is 94.6 Å². The van der Waals surface area contributed by atoms with E-state index in [2.05, 4.69) is 4.74 Å². The van der Waals surface area contributed by atoms with Gasteiger partial charge < -0.3 is 9.84 Å². The van der Waals surface area contributed by atoms with E-state index in [1.165, 1.54) is 0 Å². The van der Waals surface area contributed by atoms with Gasteiger partial charge in [0.25, 0.3) is 0 Å². The summed E-state index contributed by atoms with van der Waals surface area (Å²) in [5.41, 5.74) is 0. The highest BCUT2D eigenvalue weighted by Crippen LogP contribution is 2.19. The minimum atomic E-state index is -3.91. The number of nitrogens with zero attached hydrogens (tertiary/aromatic N) is 1. The number of aliphatic hydroxyl groups excluding tert-OH is 1. The number of ether oxygens (including phenoxy) is 1. The first-order valence-corrected chi connectivity index (χ1v) is 6.43. The van der Waals surface area contributed by atoms with Crippen molar-refractivity contribution in [1.29, 1.82) is 0 Å². The molecule has 1 rings (SSSR count). The molecule has 0 aliphatic carbocycles. The summed E-state index contributed by atoms with van der Waals surface area (Å²) in [6.07, 6.45) is 1.16. The van der Waals surface area contributed by atoms with Gasteiger partial charge in [-0.15, -0.1) is 0 Å². The number of methoxy groups -OCH3 is 1. The van der Waals surface area contributed by atoms with Crippen molar-refractivity contribution in [3.63, 3.8) is 0 Å². The molecule has 0 radical (unpaired) electrons. The normalized spacial score (nSPS) is 22.8. The second kappa shape index (κ2) is 5.46. The molecule has 1 aliphatic rings. The van der Waals surface area contributed by atoms with Crippen molar-refractivity contribution in [3.05, 3.63) is 0 Å². The van der Waals surface area contributed by atoms with Crippen molar-refractivity contribution < 1.29 is 23.1 Å². The van der Waals surface area contributed by atoms with Crippen LogP contribution < -0.4 is 4.72 Å². The summed E-state index contributed by atoms with van der Waals surface area (Å²) in [5.74, 6) is 0. The maximum atomic E-state index is 11.7. The van der Waals surface area contributed by atoms with Crippen LogP contribution in [0.1, 0.15) is 19.3 Å². The number of carbonyl (C=O) groups is 1. The van der Waals surface area contributed by atoms with Gasteiger partial charge in [0.1, 0.15) is 0 Å². The van der Waals surface area contributed by atoms with Crippen molar-refractivity contribution in [1.82, 2.24) is 9.03 Å². The minimum absolute atomic E-state index is 0.248. The first-order valence-electron chi connectivity index (χ1n) is 4.99. The number of hydrogen-bond donors (Lipinski definition) is 2. The van der Waals surface area contributed by atoms with Crippen LogP contribution in [0, 0.1) is 0 Å². The quantitative estimate of drug-likeness (QED) is 0.701. The van der Waals surface area contributed by atoms with Gasteiger partial charge in [0.15, 0.2) is 0 Å². The Morgan fingerprint density at radius 3 is 2.81 bits per heavy atom. The summed E-state index contributed by atoms with van der Waals surface area (Å²) >= 11 is 0. The van der Waals surface area contributed by atoms with Crippen LogP contribution in [0.3, 0.4) is 0 Å². The maximum Gasteiger partial charge on any atom is 0.421 e. The van der Waals surface area contributed by atoms with E-state index in [0.29, 0.717) is 13.0 Å². The smallest absolute Gasteiger partial charge is 0.421 e. The molecule has 94 valence electrons. The molecule has 0 aromatic carbocycles. The lowest BCUT2D eigenvalue weighted by Gasteiger charge is -2.32. The van der Waals surface area contributed by atoms with E-state index in [1.54, 1.807) is 4.72 Å². The number of hydrogen-bond acceptors (Lipinski definition) is 5. The molecule has 0 spiro atoms. The Morgan fingerprint density at radius 1 is 1.56 bits per heavy atom. The lowest BCUT2D eigenvalue weighted by molar-refractivity contribution is 0.151. The van der Waals surface area contributed by atoms with Crippen LogP contribution in [0.25, 0.3) is 0 Å². The standard InChI is InChI=1S/C8H16N2O5S/c1-15-8(12)9-16(13,14)10-5-3-2-4-7(10)6-11/h7,11H,2-6H2,1H3,(H,9,12). The van der Waals surface area contributed by atoms with Crippen molar-refractivity contribution in [2.24, 2.45) is 0 Å². The largest absolute Gasteiger partial charge is 0.452 e. The zero-order chi connectivity index (χ0) is 12.2. The molecule has 0 bridgehead atoms. The number of amides is 1. The molecule has 8 heteroatoms. The molecule has 1 fully saturated rings. The fourth-order valence-electron chi connectivity index (χ4n) is 1.68. The van der Waals surface area contributed by atoms with Gasteiger partial charge in [-0.1, -0.05) is 6.42 Å². The van der Waals surface area contributed by atoms with E-state index < -0.39 is 22.3 Å². The maximum absolute atomic E-state index is 11.7. The molecule has 1 heterocycles. The van der Waals surface area contributed by atoms with Crippen molar-refractivity contribution >= 4 is 16.3 Å². The molecule has 1 unspecified atom stereocenters. The average molecular weight is 252 g/mol.